The topological polar surface area (TPSA) is 61.4 Å². The molecule has 0 atom stereocenters. The van der Waals surface area contributed by atoms with Crippen LogP contribution in [0.1, 0.15) is 32.6 Å². The minimum Gasteiger partial charge on any atom is -0.317 e. The average Bonchev–Trinajstić information content (AvgIpc) is 2.82. The molecule has 2 fully saturated rings. The van der Waals surface area contributed by atoms with Gasteiger partial charge < -0.3 is 5.32 Å². The second kappa shape index (κ2) is 5.22. The third-order valence-corrected chi connectivity index (χ3v) is 5.45. The third kappa shape index (κ3) is 3.40. The Balaban J connectivity index is 1.88. The van der Waals surface area contributed by atoms with Crippen LogP contribution < -0.4 is 10.0 Å². The zero-order chi connectivity index (χ0) is 12.4. The summed E-state index contributed by atoms with van der Waals surface area (Å²) in [6.45, 7) is 6.05. The number of piperidine rings is 1. The van der Waals surface area contributed by atoms with Gasteiger partial charge in [-0.2, -0.15) is 12.7 Å². The van der Waals surface area contributed by atoms with Crippen LogP contribution in [0.4, 0.5) is 0 Å². The molecule has 100 valence electrons. The highest BCUT2D eigenvalue weighted by Crippen LogP contribution is 2.27. The highest BCUT2D eigenvalue weighted by Gasteiger charge is 2.31. The highest BCUT2D eigenvalue weighted by molar-refractivity contribution is 7.87. The summed E-state index contributed by atoms with van der Waals surface area (Å²) in [7, 11) is -3.23. The fourth-order valence-corrected chi connectivity index (χ4v) is 3.94. The molecule has 0 amide bonds. The SMILES string of the molecule is CC1(CNS(=O)(=O)N2CCCC2)CCNCC1. The van der Waals surface area contributed by atoms with Crippen molar-refractivity contribution >= 4 is 10.2 Å². The quantitative estimate of drug-likeness (QED) is 0.765. The first-order valence-electron chi connectivity index (χ1n) is 6.47. The van der Waals surface area contributed by atoms with E-state index < -0.39 is 10.2 Å². The monoisotopic (exact) mass is 261 g/mol. The van der Waals surface area contributed by atoms with Crippen LogP contribution in [0.2, 0.25) is 0 Å². The third-order valence-electron chi connectivity index (χ3n) is 3.90. The Kier molecular flexibility index (Phi) is 4.07. The maximum absolute atomic E-state index is 12.0. The molecule has 0 aromatic rings. The Morgan fingerprint density at radius 3 is 2.41 bits per heavy atom. The second-order valence-corrected chi connectivity index (χ2v) is 7.25. The molecule has 0 aliphatic carbocycles. The first kappa shape index (κ1) is 13.3. The van der Waals surface area contributed by atoms with Crippen LogP contribution in [-0.2, 0) is 10.2 Å². The largest absolute Gasteiger partial charge is 0.317 e. The van der Waals surface area contributed by atoms with Gasteiger partial charge in [0.25, 0.3) is 10.2 Å². The number of nitrogens with zero attached hydrogens (tertiary/aromatic N) is 1. The van der Waals surface area contributed by atoms with Gasteiger partial charge in [-0.1, -0.05) is 6.92 Å². The number of hydrogen-bond acceptors (Lipinski definition) is 3. The Morgan fingerprint density at radius 1 is 1.24 bits per heavy atom. The van der Waals surface area contributed by atoms with Crippen molar-refractivity contribution in [3.63, 3.8) is 0 Å². The average molecular weight is 261 g/mol. The van der Waals surface area contributed by atoms with Crippen LogP contribution in [0.3, 0.4) is 0 Å². The van der Waals surface area contributed by atoms with E-state index in [1.165, 1.54) is 0 Å². The smallest absolute Gasteiger partial charge is 0.279 e. The molecule has 0 saturated carbocycles. The van der Waals surface area contributed by atoms with Crippen LogP contribution in [0, 0.1) is 5.41 Å². The van der Waals surface area contributed by atoms with Crippen LogP contribution in [0.15, 0.2) is 0 Å². The molecule has 2 heterocycles. The van der Waals surface area contributed by atoms with E-state index in [-0.39, 0.29) is 5.41 Å². The van der Waals surface area contributed by atoms with Crippen LogP contribution in [0.25, 0.3) is 0 Å². The molecular weight excluding hydrogens is 238 g/mol. The maximum Gasteiger partial charge on any atom is 0.279 e. The first-order chi connectivity index (χ1) is 8.02. The maximum atomic E-state index is 12.0. The van der Waals surface area contributed by atoms with Gasteiger partial charge in [-0.25, -0.2) is 4.72 Å². The van der Waals surface area contributed by atoms with E-state index in [1.54, 1.807) is 4.31 Å². The van der Waals surface area contributed by atoms with E-state index in [9.17, 15) is 8.42 Å². The molecule has 2 rings (SSSR count). The summed E-state index contributed by atoms with van der Waals surface area (Å²) in [5, 5.41) is 3.30. The lowest BCUT2D eigenvalue weighted by molar-refractivity contribution is 0.230. The Labute approximate surface area is 104 Å². The van der Waals surface area contributed by atoms with Gasteiger partial charge in [-0.15, -0.1) is 0 Å². The Morgan fingerprint density at radius 2 is 1.82 bits per heavy atom. The molecule has 0 aromatic carbocycles. The number of nitrogens with one attached hydrogen (secondary N) is 2. The number of rotatable bonds is 4. The van der Waals surface area contributed by atoms with E-state index in [0.717, 1.165) is 38.8 Å². The van der Waals surface area contributed by atoms with Crippen molar-refractivity contribution in [1.29, 1.82) is 0 Å². The van der Waals surface area contributed by atoms with E-state index in [4.69, 9.17) is 0 Å². The van der Waals surface area contributed by atoms with Crippen molar-refractivity contribution in [3.05, 3.63) is 0 Å². The molecule has 0 radical (unpaired) electrons. The summed E-state index contributed by atoms with van der Waals surface area (Å²) < 4.78 is 28.4. The summed E-state index contributed by atoms with van der Waals surface area (Å²) in [6.07, 6.45) is 4.05. The van der Waals surface area contributed by atoms with E-state index in [2.05, 4.69) is 17.0 Å². The molecule has 0 aromatic heterocycles. The van der Waals surface area contributed by atoms with Crippen molar-refractivity contribution in [1.82, 2.24) is 14.3 Å². The van der Waals surface area contributed by atoms with Gasteiger partial charge >= 0.3 is 0 Å². The predicted octanol–water partition coefficient (Wildman–Crippen LogP) is 0.306. The van der Waals surface area contributed by atoms with Gasteiger partial charge in [0.05, 0.1) is 0 Å². The molecule has 17 heavy (non-hydrogen) atoms. The highest BCUT2D eigenvalue weighted by atomic mass is 32.2. The molecule has 2 aliphatic heterocycles. The van der Waals surface area contributed by atoms with E-state index in [1.807, 2.05) is 0 Å². The molecular formula is C11H23N3O2S. The van der Waals surface area contributed by atoms with Crippen LogP contribution >= 0.6 is 0 Å². The zero-order valence-corrected chi connectivity index (χ0v) is 11.4. The molecule has 2 N–H and O–H groups in total. The van der Waals surface area contributed by atoms with Gasteiger partial charge in [0.15, 0.2) is 0 Å². The fourth-order valence-electron chi connectivity index (χ4n) is 2.49. The summed E-state index contributed by atoms with van der Waals surface area (Å²) in [5.41, 5.74) is 0.109. The van der Waals surface area contributed by atoms with Gasteiger partial charge in [-0.05, 0) is 44.2 Å². The van der Waals surface area contributed by atoms with Crippen LogP contribution in [-0.4, -0.2) is 45.4 Å². The summed E-state index contributed by atoms with van der Waals surface area (Å²) >= 11 is 0. The Hall–Kier alpha value is -0.170. The van der Waals surface area contributed by atoms with Crippen molar-refractivity contribution < 1.29 is 8.42 Å². The second-order valence-electron chi connectivity index (χ2n) is 5.49. The Bertz CT molecular complexity index is 344. The predicted molar refractivity (Wildman–Crippen MR) is 67.9 cm³/mol. The van der Waals surface area contributed by atoms with Crippen molar-refractivity contribution in [2.45, 2.75) is 32.6 Å². The molecule has 0 unspecified atom stereocenters. The fraction of sp³-hybridized carbons (Fsp3) is 1.00. The zero-order valence-electron chi connectivity index (χ0n) is 10.5. The van der Waals surface area contributed by atoms with Gasteiger partial charge in [0.1, 0.15) is 0 Å². The lowest BCUT2D eigenvalue weighted by atomic mass is 9.81. The van der Waals surface area contributed by atoms with Crippen molar-refractivity contribution in [2.75, 3.05) is 32.7 Å². The normalized spacial score (nSPS) is 26.2. The van der Waals surface area contributed by atoms with Crippen molar-refractivity contribution in [3.8, 4) is 0 Å². The molecule has 6 heteroatoms. The summed E-state index contributed by atoms with van der Waals surface area (Å²) in [5.74, 6) is 0. The van der Waals surface area contributed by atoms with Crippen LogP contribution in [0.5, 0.6) is 0 Å². The minimum atomic E-state index is -3.23. The lowest BCUT2D eigenvalue weighted by Crippen LogP contribution is -2.46. The summed E-state index contributed by atoms with van der Waals surface area (Å²) in [6, 6.07) is 0. The van der Waals surface area contributed by atoms with E-state index >= 15 is 0 Å². The first-order valence-corrected chi connectivity index (χ1v) is 7.91. The number of hydrogen-bond donors (Lipinski definition) is 2. The lowest BCUT2D eigenvalue weighted by Gasteiger charge is -2.34. The van der Waals surface area contributed by atoms with Gasteiger partial charge in [0, 0.05) is 19.6 Å². The van der Waals surface area contributed by atoms with Crippen molar-refractivity contribution in [2.24, 2.45) is 5.41 Å². The minimum absolute atomic E-state index is 0.109. The summed E-state index contributed by atoms with van der Waals surface area (Å²) in [4.78, 5) is 0. The molecule has 2 aliphatic rings. The van der Waals surface area contributed by atoms with Gasteiger partial charge in [0.2, 0.25) is 0 Å². The van der Waals surface area contributed by atoms with E-state index in [0.29, 0.717) is 19.6 Å². The molecule has 0 spiro atoms. The molecule has 2 saturated heterocycles. The standard InChI is InChI=1S/C11H23N3O2S/c1-11(4-6-12-7-5-11)10-13-17(15,16)14-8-2-3-9-14/h12-13H,2-10H2,1H3. The van der Waals surface area contributed by atoms with Gasteiger partial charge in [-0.3, -0.25) is 0 Å². The molecule has 5 nitrogen and oxygen atoms in total. The molecule has 0 bridgehead atoms.